The maximum absolute atomic E-state index is 10.4. The lowest BCUT2D eigenvalue weighted by Crippen LogP contribution is -2.40. The molecule has 0 aliphatic carbocycles. The van der Waals surface area contributed by atoms with Gasteiger partial charge in [0.1, 0.15) is 6.04 Å². The van der Waals surface area contributed by atoms with Gasteiger partial charge in [0.15, 0.2) is 0 Å². The fraction of sp³-hybridized carbons (Fsp3) is 0.200. The van der Waals surface area contributed by atoms with Gasteiger partial charge in [0.2, 0.25) is 5.91 Å². The maximum Gasteiger partial charge on any atom is 0.245 e. The van der Waals surface area contributed by atoms with Crippen molar-refractivity contribution in [3.05, 3.63) is 12.4 Å². The average Bonchev–Trinajstić information content (AvgIpc) is 1.90. The van der Waals surface area contributed by atoms with Crippen LogP contribution in [-0.2, 0) is 4.79 Å². The summed E-state index contributed by atoms with van der Waals surface area (Å²) in [6.07, 6.45) is 4.59. The number of hydrogen-bond donors (Lipinski definition) is 2. The fourth-order valence-electron chi connectivity index (χ4n) is 0.524. The number of carbonyl (C=O) groups is 1. The molecular formula is C5H7N3O. The molecule has 1 atom stereocenters. The van der Waals surface area contributed by atoms with Gasteiger partial charge in [-0.2, -0.15) is 0 Å². The molecule has 3 N–H and O–H groups in total. The van der Waals surface area contributed by atoms with E-state index in [1.54, 1.807) is 12.4 Å². The average molecular weight is 125 g/mol. The third kappa shape index (κ3) is 1.28. The van der Waals surface area contributed by atoms with Crippen molar-refractivity contribution < 1.29 is 4.79 Å². The summed E-state index contributed by atoms with van der Waals surface area (Å²) < 4.78 is 0. The van der Waals surface area contributed by atoms with E-state index in [1.807, 2.05) is 0 Å². The predicted octanol–water partition coefficient (Wildman–Crippen LogP) is -1.01. The van der Waals surface area contributed by atoms with Crippen molar-refractivity contribution in [2.75, 3.05) is 0 Å². The summed E-state index contributed by atoms with van der Waals surface area (Å²) >= 11 is 0. The van der Waals surface area contributed by atoms with Crippen LogP contribution in [0, 0.1) is 0 Å². The number of aliphatic imine (C=N–C) groups is 1. The van der Waals surface area contributed by atoms with Crippen molar-refractivity contribution in [3.8, 4) is 0 Å². The van der Waals surface area contributed by atoms with Crippen LogP contribution in [0.4, 0.5) is 0 Å². The smallest absolute Gasteiger partial charge is 0.245 e. The minimum absolute atomic E-state index is 0.414. The van der Waals surface area contributed by atoms with Gasteiger partial charge < -0.3 is 11.1 Å². The second kappa shape index (κ2) is 2.30. The van der Waals surface area contributed by atoms with Crippen molar-refractivity contribution in [1.82, 2.24) is 5.32 Å². The molecule has 4 heteroatoms. The first-order valence-corrected chi connectivity index (χ1v) is 2.54. The lowest BCUT2D eigenvalue weighted by molar-refractivity contribution is -0.118. The lowest BCUT2D eigenvalue weighted by Gasteiger charge is -2.09. The topological polar surface area (TPSA) is 67.5 Å². The predicted molar refractivity (Wildman–Crippen MR) is 33.8 cm³/mol. The fourth-order valence-corrected chi connectivity index (χ4v) is 0.524. The zero-order valence-corrected chi connectivity index (χ0v) is 4.74. The number of amides is 1. The van der Waals surface area contributed by atoms with E-state index in [1.165, 1.54) is 6.21 Å². The number of primary amides is 1. The third-order valence-electron chi connectivity index (χ3n) is 0.978. The molecule has 1 amide bonds. The molecule has 0 saturated carbocycles. The summed E-state index contributed by atoms with van der Waals surface area (Å²) in [4.78, 5) is 14.1. The highest BCUT2D eigenvalue weighted by Crippen LogP contribution is 1.85. The highest BCUT2D eigenvalue weighted by molar-refractivity contribution is 5.97. The first-order chi connectivity index (χ1) is 4.30. The molecule has 0 aromatic heterocycles. The largest absolute Gasteiger partial charge is 0.374 e. The summed E-state index contributed by atoms with van der Waals surface area (Å²) in [6, 6.07) is -0.435. The SMILES string of the molecule is NC(=O)C1C=NC=CN1. The summed E-state index contributed by atoms with van der Waals surface area (Å²) in [5.41, 5.74) is 4.94. The molecule has 1 aliphatic heterocycles. The Morgan fingerprint density at radius 2 is 2.56 bits per heavy atom. The molecule has 0 fully saturated rings. The van der Waals surface area contributed by atoms with Crippen molar-refractivity contribution in [2.24, 2.45) is 10.7 Å². The highest BCUT2D eigenvalue weighted by atomic mass is 16.1. The summed E-state index contributed by atoms with van der Waals surface area (Å²) in [6.45, 7) is 0. The molecule has 0 aromatic carbocycles. The Bertz CT molecular complexity index is 173. The summed E-state index contributed by atoms with van der Waals surface area (Å²) in [5, 5.41) is 2.71. The van der Waals surface area contributed by atoms with E-state index in [9.17, 15) is 4.79 Å². The monoisotopic (exact) mass is 125 g/mol. The Hall–Kier alpha value is -1.32. The molecule has 0 spiro atoms. The molecular weight excluding hydrogens is 118 g/mol. The third-order valence-corrected chi connectivity index (χ3v) is 0.978. The van der Waals surface area contributed by atoms with Crippen molar-refractivity contribution in [3.63, 3.8) is 0 Å². The van der Waals surface area contributed by atoms with Gasteiger partial charge in [-0.3, -0.25) is 9.79 Å². The minimum Gasteiger partial charge on any atom is -0.374 e. The summed E-state index contributed by atoms with van der Waals surface area (Å²) in [5.74, 6) is -0.414. The number of nitrogens with two attached hydrogens (primary N) is 1. The van der Waals surface area contributed by atoms with Gasteiger partial charge in [-0.15, -0.1) is 0 Å². The van der Waals surface area contributed by atoms with Gasteiger partial charge >= 0.3 is 0 Å². The summed E-state index contributed by atoms with van der Waals surface area (Å²) in [7, 11) is 0. The van der Waals surface area contributed by atoms with E-state index >= 15 is 0 Å². The zero-order valence-electron chi connectivity index (χ0n) is 4.74. The first kappa shape index (κ1) is 5.81. The van der Waals surface area contributed by atoms with Crippen LogP contribution in [0.3, 0.4) is 0 Å². The molecule has 48 valence electrons. The standard InChI is InChI=1S/C5H7N3O/c6-5(9)4-3-7-1-2-8-4/h1-4,8H,(H2,6,9). The molecule has 9 heavy (non-hydrogen) atoms. The second-order valence-corrected chi connectivity index (χ2v) is 1.66. The normalized spacial score (nSPS) is 23.3. The van der Waals surface area contributed by atoms with Crippen molar-refractivity contribution >= 4 is 12.1 Å². The molecule has 0 radical (unpaired) electrons. The minimum atomic E-state index is -0.435. The molecule has 1 rings (SSSR count). The number of rotatable bonds is 1. The number of nitrogens with one attached hydrogen (secondary N) is 1. The molecule has 1 heterocycles. The van der Waals surface area contributed by atoms with E-state index in [2.05, 4.69) is 10.3 Å². The Labute approximate surface area is 52.5 Å². The highest BCUT2D eigenvalue weighted by Gasteiger charge is 2.09. The van der Waals surface area contributed by atoms with Gasteiger partial charge in [0, 0.05) is 18.6 Å². The second-order valence-electron chi connectivity index (χ2n) is 1.66. The van der Waals surface area contributed by atoms with Crippen molar-refractivity contribution in [1.29, 1.82) is 0 Å². The lowest BCUT2D eigenvalue weighted by atomic mass is 10.3. The van der Waals surface area contributed by atoms with Crippen LogP contribution in [0.1, 0.15) is 0 Å². The molecule has 1 unspecified atom stereocenters. The van der Waals surface area contributed by atoms with Gasteiger partial charge in [-0.1, -0.05) is 0 Å². The quantitative estimate of drug-likeness (QED) is 0.471. The van der Waals surface area contributed by atoms with Gasteiger partial charge in [-0.05, 0) is 0 Å². The van der Waals surface area contributed by atoms with Crippen LogP contribution in [0.15, 0.2) is 17.4 Å². The van der Waals surface area contributed by atoms with E-state index in [0.29, 0.717) is 0 Å². The van der Waals surface area contributed by atoms with Crippen LogP contribution in [0.2, 0.25) is 0 Å². The van der Waals surface area contributed by atoms with E-state index < -0.39 is 11.9 Å². The van der Waals surface area contributed by atoms with Crippen LogP contribution in [0.5, 0.6) is 0 Å². The number of nitrogens with zero attached hydrogens (tertiary/aromatic N) is 1. The number of hydrogen-bond acceptors (Lipinski definition) is 3. The zero-order chi connectivity index (χ0) is 6.69. The van der Waals surface area contributed by atoms with Crippen LogP contribution in [0.25, 0.3) is 0 Å². The van der Waals surface area contributed by atoms with Gasteiger partial charge in [0.05, 0.1) is 0 Å². The Balaban J connectivity index is 2.56. The van der Waals surface area contributed by atoms with E-state index in [-0.39, 0.29) is 0 Å². The van der Waals surface area contributed by atoms with E-state index in [4.69, 9.17) is 5.73 Å². The molecule has 0 bridgehead atoms. The molecule has 1 aliphatic rings. The van der Waals surface area contributed by atoms with Crippen LogP contribution in [-0.4, -0.2) is 18.2 Å². The Kier molecular flexibility index (Phi) is 1.48. The van der Waals surface area contributed by atoms with Crippen LogP contribution >= 0.6 is 0 Å². The van der Waals surface area contributed by atoms with Crippen molar-refractivity contribution in [2.45, 2.75) is 6.04 Å². The van der Waals surface area contributed by atoms with Crippen LogP contribution < -0.4 is 11.1 Å². The first-order valence-electron chi connectivity index (χ1n) is 2.54. The Morgan fingerprint density at radius 1 is 1.78 bits per heavy atom. The maximum atomic E-state index is 10.4. The van der Waals surface area contributed by atoms with E-state index in [0.717, 1.165) is 0 Å². The molecule has 0 saturated heterocycles. The molecule has 0 aromatic rings. The Morgan fingerprint density at radius 3 is 2.89 bits per heavy atom. The number of carbonyl (C=O) groups excluding carboxylic acids is 1. The molecule has 4 nitrogen and oxygen atoms in total. The van der Waals surface area contributed by atoms with Gasteiger partial charge in [0.25, 0.3) is 0 Å². The van der Waals surface area contributed by atoms with Gasteiger partial charge in [-0.25, -0.2) is 0 Å².